The predicted octanol–water partition coefficient (Wildman–Crippen LogP) is 5.95. The summed E-state index contributed by atoms with van der Waals surface area (Å²) in [5.41, 5.74) is 4.44. The standard InChI is InChI=1S/C24H27PSe2/c1-21(24-15-9-4-10-16-24)27-25(26,19-17-22-11-5-2-6-12-22)20-18-23-13-7-3-8-14-23/h2-16,21H,17-20H2,1H3. The van der Waals surface area contributed by atoms with Crippen molar-refractivity contribution in [2.75, 3.05) is 12.3 Å². The SMILES string of the molecule is CC([Se]P(=[Se])(CCc1ccccc1)CCc1ccccc1)c1ccccc1. The molecule has 0 saturated carbocycles. The molecule has 0 heterocycles. The van der Waals surface area contributed by atoms with Crippen LogP contribution in [-0.2, 0) is 12.8 Å². The van der Waals surface area contributed by atoms with E-state index in [0.717, 1.165) is 0 Å². The minimum atomic E-state index is -1.08. The van der Waals surface area contributed by atoms with E-state index in [9.17, 15) is 0 Å². The second-order valence-electron chi connectivity index (χ2n) is 6.89. The van der Waals surface area contributed by atoms with Gasteiger partial charge in [0.05, 0.1) is 0 Å². The molecule has 3 rings (SSSR count). The van der Waals surface area contributed by atoms with Gasteiger partial charge < -0.3 is 0 Å². The van der Waals surface area contributed by atoms with Crippen molar-refractivity contribution in [3.63, 3.8) is 0 Å². The molecule has 0 aliphatic rings. The van der Waals surface area contributed by atoms with E-state index in [1.54, 1.807) is 0 Å². The van der Waals surface area contributed by atoms with Gasteiger partial charge in [0.25, 0.3) is 0 Å². The Morgan fingerprint density at radius 2 is 1.11 bits per heavy atom. The molecule has 1 unspecified atom stereocenters. The first-order valence-corrected chi connectivity index (χ1v) is 17.1. The molecule has 27 heavy (non-hydrogen) atoms. The molecular formula is C24H27PSe2. The molecule has 0 saturated heterocycles. The second-order valence-corrected chi connectivity index (χ2v) is 24.8. The van der Waals surface area contributed by atoms with Gasteiger partial charge in [-0.1, -0.05) is 0 Å². The summed E-state index contributed by atoms with van der Waals surface area (Å²) in [7, 11) is 0. The van der Waals surface area contributed by atoms with Crippen LogP contribution in [0.1, 0.15) is 28.4 Å². The monoisotopic (exact) mass is 506 g/mol. The topological polar surface area (TPSA) is 0 Å². The maximum absolute atomic E-state index is 3.77. The van der Waals surface area contributed by atoms with Gasteiger partial charge in [0.1, 0.15) is 0 Å². The summed E-state index contributed by atoms with van der Waals surface area (Å²) in [5.74, 6) is 0. The van der Waals surface area contributed by atoms with Crippen LogP contribution in [-0.4, -0.2) is 41.9 Å². The van der Waals surface area contributed by atoms with Gasteiger partial charge in [-0.3, -0.25) is 0 Å². The summed E-state index contributed by atoms with van der Waals surface area (Å²) in [6.45, 7) is 2.42. The molecule has 140 valence electrons. The molecule has 0 aliphatic heterocycles. The van der Waals surface area contributed by atoms with Crippen molar-refractivity contribution in [2.45, 2.75) is 24.6 Å². The maximum atomic E-state index is 3.77. The van der Waals surface area contributed by atoms with Crippen LogP contribution in [0.4, 0.5) is 0 Å². The quantitative estimate of drug-likeness (QED) is 0.250. The Morgan fingerprint density at radius 3 is 1.56 bits per heavy atom. The summed E-state index contributed by atoms with van der Waals surface area (Å²) in [4.78, 5) is 0.667. The number of hydrogen-bond acceptors (Lipinski definition) is 0. The van der Waals surface area contributed by atoms with Crippen LogP contribution < -0.4 is 0 Å². The molecule has 0 fully saturated rings. The van der Waals surface area contributed by atoms with Gasteiger partial charge in [-0.25, -0.2) is 0 Å². The summed E-state index contributed by atoms with van der Waals surface area (Å²) in [6, 6.07) is 33.0. The van der Waals surface area contributed by atoms with Gasteiger partial charge in [-0.2, -0.15) is 0 Å². The molecule has 1 atom stereocenters. The van der Waals surface area contributed by atoms with E-state index in [-0.39, 0.29) is 0 Å². The molecule has 0 amide bonds. The third-order valence-corrected chi connectivity index (χ3v) is 19.7. The van der Waals surface area contributed by atoms with Crippen LogP contribution >= 0.6 is 4.20 Å². The molecular weight excluding hydrogens is 477 g/mol. The Hall–Kier alpha value is -0.871. The first-order valence-electron chi connectivity index (χ1n) is 9.54. The number of benzene rings is 3. The van der Waals surface area contributed by atoms with Crippen molar-refractivity contribution in [1.29, 1.82) is 0 Å². The van der Waals surface area contributed by atoms with E-state index in [1.165, 1.54) is 41.9 Å². The van der Waals surface area contributed by atoms with Crippen molar-refractivity contribution in [3.8, 4) is 0 Å². The Kier molecular flexibility index (Phi) is 8.20. The second kappa shape index (κ2) is 10.6. The zero-order valence-corrected chi connectivity index (χ0v) is 20.2. The molecule has 3 heteroatoms. The first kappa shape index (κ1) is 20.9. The van der Waals surface area contributed by atoms with E-state index in [1.807, 2.05) is 0 Å². The van der Waals surface area contributed by atoms with Crippen LogP contribution in [0, 0.1) is 0 Å². The first-order chi connectivity index (χ1) is 13.1. The van der Waals surface area contributed by atoms with Gasteiger partial charge in [0, 0.05) is 0 Å². The van der Waals surface area contributed by atoms with E-state index in [4.69, 9.17) is 0 Å². The van der Waals surface area contributed by atoms with Crippen LogP contribution in [0.15, 0.2) is 91.0 Å². The summed E-state index contributed by atoms with van der Waals surface area (Å²) >= 11 is 4.38. The minimum absolute atomic E-state index is 0.609. The van der Waals surface area contributed by atoms with Crippen molar-refractivity contribution in [1.82, 2.24) is 0 Å². The summed E-state index contributed by atoms with van der Waals surface area (Å²) in [6.07, 6.45) is 5.03. The molecule has 0 N–H and O–H groups in total. The predicted molar refractivity (Wildman–Crippen MR) is 123 cm³/mol. The zero-order chi connectivity index (χ0) is 19.0. The van der Waals surface area contributed by atoms with Gasteiger partial charge in [0.2, 0.25) is 0 Å². The van der Waals surface area contributed by atoms with Gasteiger partial charge in [-0.15, -0.1) is 0 Å². The Morgan fingerprint density at radius 1 is 0.704 bits per heavy atom. The molecule has 0 nitrogen and oxygen atoms in total. The average molecular weight is 504 g/mol. The molecule has 0 spiro atoms. The molecule has 0 aliphatic carbocycles. The van der Waals surface area contributed by atoms with Crippen molar-refractivity contribution >= 4 is 33.8 Å². The van der Waals surface area contributed by atoms with E-state index < -0.39 is 4.20 Å². The number of rotatable bonds is 9. The normalized spacial score (nSPS) is 12.6. The van der Waals surface area contributed by atoms with E-state index in [2.05, 4.69) is 113 Å². The van der Waals surface area contributed by atoms with Gasteiger partial charge >= 0.3 is 178 Å². The van der Waals surface area contributed by atoms with Crippen LogP contribution in [0.2, 0.25) is 0 Å². The van der Waals surface area contributed by atoms with Crippen molar-refractivity contribution < 1.29 is 0 Å². The number of hydrogen-bond donors (Lipinski definition) is 0. The van der Waals surface area contributed by atoms with E-state index in [0.29, 0.717) is 19.3 Å². The third-order valence-electron chi connectivity index (χ3n) is 4.79. The summed E-state index contributed by atoms with van der Waals surface area (Å²) < 4.78 is -1.08. The molecule has 0 radical (unpaired) electrons. The number of aryl methyl sites for hydroxylation is 2. The molecule has 3 aromatic carbocycles. The fourth-order valence-corrected chi connectivity index (χ4v) is 18.1. The van der Waals surface area contributed by atoms with Crippen LogP contribution in [0.25, 0.3) is 0 Å². The third kappa shape index (κ3) is 6.90. The van der Waals surface area contributed by atoms with Crippen LogP contribution in [0.5, 0.6) is 0 Å². The Labute approximate surface area is 177 Å². The van der Waals surface area contributed by atoms with Gasteiger partial charge in [0.15, 0.2) is 0 Å². The molecule has 3 aromatic rings. The molecule has 0 aromatic heterocycles. The fourth-order valence-electron chi connectivity index (χ4n) is 3.18. The van der Waals surface area contributed by atoms with Crippen molar-refractivity contribution in [2.24, 2.45) is 0 Å². The average Bonchev–Trinajstić information content (AvgIpc) is 2.73. The van der Waals surface area contributed by atoms with Crippen molar-refractivity contribution in [3.05, 3.63) is 108 Å². The zero-order valence-electron chi connectivity index (χ0n) is 15.8. The van der Waals surface area contributed by atoms with Crippen LogP contribution in [0.3, 0.4) is 0 Å². The molecule has 0 bridgehead atoms. The Balaban J connectivity index is 1.71. The van der Waals surface area contributed by atoms with Gasteiger partial charge in [-0.05, 0) is 0 Å². The van der Waals surface area contributed by atoms with E-state index >= 15 is 0 Å². The fraction of sp³-hybridized carbons (Fsp3) is 0.250. The summed E-state index contributed by atoms with van der Waals surface area (Å²) in [5, 5.41) is 0. The Bertz CT molecular complexity index is 800.